The average molecular weight is 215 g/mol. The van der Waals surface area contributed by atoms with Crippen molar-refractivity contribution in [2.75, 3.05) is 6.26 Å². The molecule has 0 aliphatic rings. The minimum atomic E-state index is -3.67. The third-order valence-electron chi connectivity index (χ3n) is 0.402. The summed E-state index contributed by atoms with van der Waals surface area (Å²) in [6.07, 6.45) is 0.715. The van der Waals surface area contributed by atoms with Crippen LogP contribution in [0.15, 0.2) is 0 Å². The standard InChI is InChI=1S/C5H10O2.CH4O3S.H3N/c1-5(2,3)7-4-6;1-5(2,3)4;/h4H,1-3H3;1H3,(H,2,3,4);1H3. The van der Waals surface area contributed by atoms with Crippen molar-refractivity contribution < 1.29 is 22.5 Å². The fraction of sp³-hybridized carbons (Fsp3) is 0.833. The van der Waals surface area contributed by atoms with Gasteiger partial charge in [0.05, 0.1) is 6.26 Å². The van der Waals surface area contributed by atoms with Gasteiger partial charge in [-0.1, -0.05) is 0 Å². The molecule has 0 atom stereocenters. The molecule has 7 heteroatoms. The predicted molar refractivity (Wildman–Crippen MR) is 49.4 cm³/mol. The van der Waals surface area contributed by atoms with Crippen molar-refractivity contribution in [1.82, 2.24) is 6.15 Å². The van der Waals surface area contributed by atoms with E-state index in [2.05, 4.69) is 4.74 Å². The maximum absolute atomic E-state index is 9.60. The summed E-state index contributed by atoms with van der Waals surface area (Å²) in [5.41, 5.74) is -0.318. The monoisotopic (exact) mass is 215 g/mol. The Kier molecular flexibility index (Phi) is 9.53. The number of rotatable bonds is 1. The molecule has 0 aromatic heterocycles. The van der Waals surface area contributed by atoms with Crippen molar-refractivity contribution in [2.45, 2.75) is 26.4 Å². The van der Waals surface area contributed by atoms with Crippen LogP contribution in [-0.4, -0.2) is 31.3 Å². The summed E-state index contributed by atoms with van der Waals surface area (Å²) in [6, 6.07) is 0. The van der Waals surface area contributed by atoms with Gasteiger partial charge in [0, 0.05) is 0 Å². The van der Waals surface area contributed by atoms with Gasteiger partial charge in [-0.15, -0.1) is 0 Å². The molecule has 0 heterocycles. The van der Waals surface area contributed by atoms with E-state index in [9.17, 15) is 13.2 Å². The first-order valence-electron chi connectivity index (χ1n) is 3.10. The zero-order chi connectivity index (χ0) is 10.4. The van der Waals surface area contributed by atoms with Crippen LogP contribution in [0.1, 0.15) is 20.8 Å². The van der Waals surface area contributed by atoms with Gasteiger partial charge in [0.2, 0.25) is 0 Å². The van der Waals surface area contributed by atoms with Crippen LogP contribution >= 0.6 is 0 Å². The van der Waals surface area contributed by atoms with Crippen molar-refractivity contribution in [3.8, 4) is 0 Å². The second-order valence-electron chi connectivity index (χ2n) is 3.06. The molecule has 4 N–H and O–H groups in total. The Morgan fingerprint density at radius 2 is 1.54 bits per heavy atom. The highest BCUT2D eigenvalue weighted by Gasteiger charge is 2.07. The quantitative estimate of drug-likeness (QED) is 0.489. The molecule has 6 nitrogen and oxygen atoms in total. The van der Waals surface area contributed by atoms with Gasteiger partial charge in [-0.2, -0.15) is 8.42 Å². The first-order valence-corrected chi connectivity index (χ1v) is 4.95. The Bertz CT molecular complexity index is 208. The van der Waals surface area contributed by atoms with Crippen LogP contribution < -0.4 is 6.15 Å². The predicted octanol–water partition coefficient (Wildman–Crippen LogP) is 0.624. The van der Waals surface area contributed by atoms with E-state index in [-0.39, 0.29) is 11.8 Å². The minimum Gasteiger partial charge on any atom is -0.462 e. The van der Waals surface area contributed by atoms with Crippen molar-refractivity contribution in [2.24, 2.45) is 0 Å². The molecule has 0 aromatic carbocycles. The van der Waals surface area contributed by atoms with E-state index in [1.165, 1.54) is 0 Å². The van der Waals surface area contributed by atoms with E-state index in [4.69, 9.17) is 4.55 Å². The number of carbonyl (C=O) groups is 1. The van der Waals surface area contributed by atoms with Gasteiger partial charge in [0.15, 0.2) is 0 Å². The molecule has 0 bridgehead atoms. The molecule has 0 rings (SSSR count). The fourth-order valence-corrected chi connectivity index (χ4v) is 0.144. The molecule has 0 fully saturated rings. The van der Waals surface area contributed by atoms with Crippen molar-refractivity contribution >= 4 is 16.6 Å². The lowest BCUT2D eigenvalue weighted by Crippen LogP contribution is -2.17. The molecule has 0 radical (unpaired) electrons. The lowest BCUT2D eigenvalue weighted by Gasteiger charge is -2.14. The van der Waals surface area contributed by atoms with Crippen molar-refractivity contribution in [3.63, 3.8) is 0 Å². The number of ether oxygens (including phenoxy) is 1. The molecule has 82 valence electrons. The first kappa shape index (κ1) is 18.2. The highest BCUT2D eigenvalue weighted by Crippen LogP contribution is 2.02. The summed E-state index contributed by atoms with van der Waals surface area (Å²) in [5, 5.41) is 0. The van der Waals surface area contributed by atoms with Gasteiger partial charge >= 0.3 is 0 Å². The second-order valence-corrected chi connectivity index (χ2v) is 4.53. The average Bonchev–Trinajstić information content (AvgIpc) is 1.54. The van der Waals surface area contributed by atoms with Crippen LogP contribution in [0.4, 0.5) is 0 Å². The first-order chi connectivity index (χ1) is 5.06. The topological polar surface area (TPSA) is 116 Å². The van der Waals surface area contributed by atoms with Crippen LogP contribution in [0, 0.1) is 0 Å². The normalized spacial score (nSPS) is 10.2. The van der Waals surface area contributed by atoms with Gasteiger partial charge in [-0.3, -0.25) is 9.35 Å². The van der Waals surface area contributed by atoms with E-state index >= 15 is 0 Å². The summed E-state index contributed by atoms with van der Waals surface area (Å²) >= 11 is 0. The molecule has 0 unspecified atom stereocenters. The summed E-state index contributed by atoms with van der Waals surface area (Å²) in [7, 11) is -3.67. The van der Waals surface area contributed by atoms with E-state index in [0.717, 1.165) is 0 Å². The van der Waals surface area contributed by atoms with Gasteiger partial charge in [-0.25, -0.2) is 0 Å². The Balaban J connectivity index is -0.000000150. The smallest absolute Gasteiger partial charge is 0.293 e. The summed E-state index contributed by atoms with van der Waals surface area (Å²) in [6.45, 7) is 5.92. The summed E-state index contributed by atoms with van der Waals surface area (Å²) < 4.78 is 30.4. The molecular weight excluding hydrogens is 198 g/mol. The molecule has 0 spiro atoms. The molecule has 13 heavy (non-hydrogen) atoms. The third-order valence-corrected chi connectivity index (χ3v) is 0.402. The summed E-state index contributed by atoms with van der Waals surface area (Å²) in [5.74, 6) is 0. The SMILES string of the molecule is CC(C)(C)OC=O.CS(=O)(=O)O.N. The van der Waals surface area contributed by atoms with E-state index in [1.807, 2.05) is 20.8 Å². The molecule has 0 aliphatic carbocycles. The van der Waals surface area contributed by atoms with Gasteiger partial charge in [0.1, 0.15) is 5.60 Å². The fourth-order valence-electron chi connectivity index (χ4n) is 0.144. The molecule has 0 amide bonds. The lowest BCUT2D eigenvalue weighted by atomic mass is 10.2. The maximum atomic E-state index is 9.60. The van der Waals surface area contributed by atoms with E-state index in [1.54, 1.807) is 0 Å². The van der Waals surface area contributed by atoms with Crippen molar-refractivity contribution in [3.05, 3.63) is 0 Å². The van der Waals surface area contributed by atoms with Crippen LogP contribution in [0.5, 0.6) is 0 Å². The van der Waals surface area contributed by atoms with Crippen LogP contribution in [0.25, 0.3) is 0 Å². The molecule has 0 saturated heterocycles. The highest BCUT2D eigenvalue weighted by atomic mass is 32.2. The Labute approximate surface area is 78.6 Å². The second kappa shape index (κ2) is 6.81. The van der Waals surface area contributed by atoms with Crippen LogP contribution in [0.2, 0.25) is 0 Å². The van der Waals surface area contributed by atoms with E-state index < -0.39 is 10.1 Å². The Morgan fingerprint density at radius 3 is 1.54 bits per heavy atom. The van der Waals surface area contributed by atoms with E-state index in [0.29, 0.717) is 12.7 Å². The van der Waals surface area contributed by atoms with Crippen LogP contribution in [-0.2, 0) is 19.6 Å². The van der Waals surface area contributed by atoms with Gasteiger partial charge in [0.25, 0.3) is 16.6 Å². The third kappa shape index (κ3) is 88.7. The van der Waals surface area contributed by atoms with Crippen LogP contribution in [0.3, 0.4) is 0 Å². The zero-order valence-corrected chi connectivity index (χ0v) is 9.09. The van der Waals surface area contributed by atoms with Gasteiger partial charge in [-0.05, 0) is 20.8 Å². The molecular formula is C6H17NO5S. The Morgan fingerprint density at radius 1 is 1.31 bits per heavy atom. The summed E-state index contributed by atoms with van der Waals surface area (Å²) in [4.78, 5) is 9.60. The van der Waals surface area contributed by atoms with Crippen molar-refractivity contribution in [1.29, 1.82) is 0 Å². The highest BCUT2D eigenvalue weighted by molar-refractivity contribution is 7.85. The number of hydrogen-bond donors (Lipinski definition) is 2. The minimum absolute atomic E-state index is 0. The zero-order valence-electron chi connectivity index (χ0n) is 8.27. The largest absolute Gasteiger partial charge is 0.462 e. The molecule has 0 aromatic rings. The van der Waals surface area contributed by atoms with Gasteiger partial charge < -0.3 is 10.9 Å². The maximum Gasteiger partial charge on any atom is 0.293 e. The Hall–Kier alpha value is -0.660. The number of hydrogen-bond acceptors (Lipinski definition) is 5. The molecule has 0 aliphatic heterocycles. The lowest BCUT2D eigenvalue weighted by molar-refractivity contribution is -0.138. The molecule has 0 saturated carbocycles. The number of carbonyl (C=O) groups excluding carboxylic acids is 1.